The lowest BCUT2D eigenvalue weighted by atomic mass is 9.81. The second kappa shape index (κ2) is 6.11. The third-order valence-corrected chi connectivity index (χ3v) is 7.36. The SMILES string of the molecule is CC1(C)c2ccccc2-c2ccc3c4ccccc4n(-c4cccc5ccccc45)c3c21. The Morgan fingerprint density at radius 1 is 0.562 bits per heavy atom. The number of nitrogens with zero attached hydrogens (tertiary/aromatic N) is 1. The predicted octanol–water partition coefficient (Wildman–Crippen LogP) is 8.24. The molecule has 0 atom stereocenters. The van der Waals surface area contributed by atoms with Crippen molar-refractivity contribution in [1.29, 1.82) is 0 Å². The lowest BCUT2D eigenvalue weighted by Crippen LogP contribution is -2.16. The number of aromatic nitrogens is 1. The molecule has 1 aliphatic rings. The van der Waals surface area contributed by atoms with Gasteiger partial charge >= 0.3 is 0 Å². The Bertz CT molecular complexity index is 1690. The number of hydrogen-bond donors (Lipinski definition) is 0. The summed E-state index contributed by atoms with van der Waals surface area (Å²) >= 11 is 0. The van der Waals surface area contributed by atoms with Crippen molar-refractivity contribution in [2.24, 2.45) is 0 Å². The molecule has 0 bridgehead atoms. The summed E-state index contributed by atoms with van der Waals surface area (Å²) < 4.78 is 2.51. The zero-order valence-corrected chi connectivity index (χ0v) is 18.3. The normalized spacial score (nSPS) is 14.2. The highest BCUT2D eigenvalue weighted by molar-refractivity contribution is 6.14. The molecule has 32 heavy (non-hydrogen) atoms. The molecule has 6 aromatic rings. The minimum Gasteiger partial charge on any atom is -0.308 e. The Labute approximate surface area is 187 Å². The molecule has 5 aromatic carbocycles. The highest BCUT2D eigenvalue weighted by Gasteiger charge is 2.38. The van der Waals surface area contributed by atoms with Crippen molar-refractivity contribution in [1.82, 2.24) is 4.57 Å². The van der Waals surface area contributed by atoms with E-state index < -0.39 is 0 Å². The minimum absolute atomic E-state index is 0.0673. The number of rotatable bonds is 1. The third-order valence-electron chi connectivity index (χ3n) is 7.36. The van der Waals surface area contributed by atoms with Crippen molar-refractivity contribution in [3.05, 3.63) is 114 Å². The Morgan fingerprint density at radius 3 is 2.19 bits per heavy atom. The smallest absolute Gasteiger partial charge is 0.0588 e. The highest BCUT2D eigenvalue weighted by Crippen LogP contribution is 2.53. The molecule has 0 unspecified atom stereocenters. The van der Waals surface area contributed by atoms with Crippen LogP contribution in [0.15, 0.2) is 103 Å². The first-order valence-electron chi connectivity index (χ1n) is 11.3. The summed E-state index contributed by atoms with van der Waals surface area (Å²) in [7, 11) is 0. The lowest BCUT2D eigenvalue weighted by molar-refractivity contribution is 0.664. The van der Waals surface area contributed by atoms with Crippen LogP contribution in [0.1, 0.15) is 25.0 Å². The van der Waals surface area contributed by atoms with Gasteiger partial charge in [0.25, 0.3) is 0 Å². The molecule has 1 nitrogen and oxygen atoms in total. The molecule has 0 fully saturated rings. The Morgan fingerprint density at radius 2 is 1.28 bits per heavy atom. The fraction of sp³-hybridized carbons (Fsp3) is 0.0968. The Hall–Kier alpha value is -3.84. The largest absolute Gasteiger partial charge is 0.308 e. The molecular weight excluding hydrogens is 386 g/mol. The first-order valence-corrected chi connectivity index (χ1v) is 11.3. The van der Waals surface area contributed by atoms with Crippen molar-refractivity contribution in [3.63, 3.8) is 0 Å². The maximum Gasteiger partial charge on any atom is 0.0588 e. The van der Waals surface area contributed by atoms with Gasteiger partial charge in [-0.15, -0.1) is 0 Å². The number of para-hydroxylation sites is 1. The average Bonchev–Trinajstić information content (AvgIpc) is 3.28. The van der Waals surface area contributed by atoms with Gasteiger partial charge in [-0.25, -0.2) is 0 Å². The van der Waals surface area contributed by atoms with Crippen molar-refractivity contribution in [2.45, 2.75) is 19.3 Å². The van der Waals surface area contributed by atoms with Crippen LogP contribution < -0.4 is 0 Å². The molecule has 7 rings (SSSR count). The summed E-state index contributed by atoms with van der Waals surface area (Å²) in [6.45, 7) is 4.75. The molecule has 0 aliphatic heterocycles. The van der Waals surface area contributed by atoms with Gasteiger partial charge in [-0.2, -0.15) is 0 Å². The summed E-state index contributed by atoms with van der Waals surface area (Å²) in [5.74, 6) is 0. The Balaban J connectivity index is 1.73. The molecule has 1 aromatic heterocycles. The van der Waals surface area contributed by atoms with Crippen LogP contribution in [0, 0.1) is 0 Å². The molecule has 1 heteroatoms. The van der Waals surface area contributed by atoms with E-state index in [0.29, 0.717) is 0 Å². The van der Waals surface area contributed by atoms with Gasteiger partial charge in [0.2, 0.25) is 0 Å². The summed E-state index contributed by atoms with van der Waals surface area (Å²) in [6, 6.07) is 37.8. The molecule has 152 valence electrons. The van der Waals surface area contributed by atoms with E-state index in [0.717, 1.165) is 0 Å². The van der Waals surface area contributed by atoms with Crippen LogP contribution in [0.3, 0.4) is 0 Å². The van der Waals surface area contributed by atoms with Gasteiger partial charge in [-0.1, -0.05) is 105 Å². The van der Waals surface area contributed by atoms with Gasteiger partial charge in [0.05, 0.1) is 16.7 Å². The minimum atomic E-state index is -0.0673. The van der Waals surface area contributed by atoms with E-state index in [2.05, 4.69) is 122 Å². The van der Waals surface area contributed by atoms with Gasteiger partial charge in [-0.05, 0) is 39.8 Å². The number of hydrogen-bond acceptors (Lipinski definition) is 0. The fourth-order valence-corrected chi connectivity index (χ4v) is 5.97. The van der Waals surface area contributed by atoms with Gasteiger partial charge in [-0.3, -0.25) is 0 Å². The van der Waals surface area contributed by atoms with E-state index in [4.69, 9.17) is 0 Å². The van der Waals surface area contributed by atoms with Crippen molar-refractivity contribution >= 4 is 32.6 Å². The van der Waals surface area contributed by atoms with Gasteiger partial charge in [0.1, 0.15) is 0 Å². The summed E-state index contributed by atoms with van der Waals surface area (Å²) in [5, 5.41) is 5.19. The first kappa shape index (κ1) is 17.8. The first-order chi connectivity index (χ1) is 15.7. The van der Waals surface area contributed by atoms with Gasteiger partial charge < -0.3 is 4.57 Å². The molecule has 0 saturated carbocycles. The van der Waals surface area contributed by atoms with E-state index in [-0.39, 0.29) is 5.41 Å². The number of benzene rings is 5. The van der Waals surface area contributed by atoms with E-state index in [9.17, 15) is 0 Å². The fourth-order valence-electron chi connectivity index (χ4n) is 5.97. The van der Waals surface area contributed by atoms with Crippen molar-refractivity contribution in [3.8, 4) is 16.8 Å². The molecule has 0 saturated heterocycles. The molecule has 0 spiro atoms. The highest BCUT2D eigenvalue weighted by atomic mass is 15.0. The van der Waals surface area contributed by atoms with Crippen LogP contribution in [-0.2, 0) is 5.41 Å². The van der Waals surface area contributed by atoms with E-state index in [1.165, 1.54) is 60.5 Å². The summed E-state index contributed by atoms with van der Waals surface area (Å²) in [6.07, 6.45) is 0. The third kappa shape index (κ3) is 2.13. The van der Waals surface area contributed by atoms with E-state index in [1.54, 1.807) is 0 Å². The van der Waals surface area contributed by atoms with Crippen LogP contribution >= 0.6 is 0 Å². The molecule has 0 N–H and O–H groups in total. The lowest BCUT2D eigenvalue weighted by Gasteiger charge is -2.24. The average molecular weight is 410 g/mol. The summed E-state index contributed by atoms with van der Waals surface area (Å²) in [5.41, 5.74) is 9.35. The van der Waals surface area contributed by atoms with Crippen LogP contribution in [-0.4, -0.2) is 4.57 Å². The zero-order chi connectivity index (χ0) is 21.4. The molecule has 1 heterocycles. The summed E-state index contributed by atoms with van der Waals surface area (Å²) in [4.78, 5) is 0. The predicted molar refractivity (Wildman–Crippen MR) is 136 cm³/mol. The van der Waals surface area contributed by atoms with Gasteiger partial charge in [0, 0.05) is 21.6 Å². The van der Waals surface area contributed by atoms with Crippen molar-refractivity contribution < 1.29 is 0 Å². The quantitative estimate of drug-likeness (QED) is 0.258. The standard InChI is InChI=1S/C31H23N/c1-31(2)26-15-7-5-13-22(26)24-18-19-25-23-14-6-8-16-28(23)32(30(25)29(24)31)27-17-9-11-20-10-3-4-12-21(20)27/h3-19H,1-2H3. The van der Waals surface area contributed by atoms with Crippen LogP contribution in [0.2, 0.25) is 0 Å². The van der Waals surface area contributed by atoms with Crippen LogP contribution in [0.5, 0.6) is 0 Å². The van der Waals surface area contributed by atoms with Gasteiger partial charge in [0.15, 0.2) is 0 Å². The molecule has 0 amide bonds. The van der Waals surface area contributed by atoms with Crippen molar-refractivity contribution in [2.75, 3.05) is 0 Å². The maximum absolute atomic E-state index is 2.51. The Kier molecular flexibility index (Phi) is 3.40. The second-order valence-electron chi connectivity index (χ2n) is 9.41. The van der Waals surface area contributed by atoms with Crippen LogP contribution in [0.25, 0.3) is 49.4 Å². The number of fused-ring (bicyclic) bond motifs is 8. The zero-order valence-electron chi connectivity index (χ0n) is 18.3. The molecular formula is C31H23N. The maximum atomic E-state index is 2.51. The second-order valence-corrected chi connectivity index (χ2v) is 9.41. The molecule has 1 aliphatic carbocycles. The van der Waals surface area contributed by atoms with E-state index >= 15 is 0 Å². The topological polar surface area (TPSA) is 4.93 Å². The van der Waals surface area contributed by atoms with Crippen LogP contribution in [0.4, 0.5) is 0 Å². The monoisotopic (exact) mass is 409 g/mol. The van der Waals surface area contributed by atoms with E-state index in [1.807, 2.05) is 0 Å². The molecule has 0 radical (unpaired) electrons.